The Kier molecular flexibility index (Phi) is 6.42. The molecule has 2 aromatic rings. The molecule has 0 saturated carbocycles. The summed E-state index contributed by atoms with van der Waals surface area (Å²) in [6.45, 7) is 1.94. The Balaban J connectivity index is 1.58. The summed E-state index contributed by atoms with van der Waals surface area (Å²) in [6.07, 6.45) is 2.24. The van der Waals surface area contributed by atoms with Crippen molar-refractivity contribution in [2.45, 2.75) is 12.8 Å². The van der Waals surface area contributed by atoms with Crippen molar-refractivity contribution in [3.05, 3.63) is 48.5 Å². The van der Waals surface area contributed by atoms with Crippen molar-refractivity contribution >= 4 is 11.4 Å². The smallest absolute Gasteiger partial charge is 0.119 e. The highest BCUT2D eigenvalue weighted by molar-refractivity contribution is 5.47. The van der Waals surface area contributed by atoms with Gasteiger partial charge in [0.15, 0.2) is 0 Å². The first-order valence-electron chi connectivity index (χ1n) is 7.57. The van der Waals surface area contributed by atoms with Crippen LogP contribution in [0.5, 0.6) is 11.5 Å². The zero-order valence-corrected chi connectivity index (χ0v) is 13.3. The van der Waals surface area contributed by atoms with Crippen LogP contribution in [0.25, 0.3) is 0 Å². The van der Waals surface area contributed by atoms with Crippen LogP contribution in [-0.4, -0.2) is 27.3 Å². The molecule has 2 N–H and O–H groups in total. The van der Waals surface area contributed by atoms with Crippen molar-refractivity contribution in [2.24, 2.45) is 0 Å². The zero-order valence-electron chi connectivity index (χ0n) is 13.3. The SMILES string of the molecule is COc1ccc(NCCCCNc2ccc(OC)cc2)cc1. The van der Waals surface area contributed by atoms with Gasteiger partial charge in [-0.25, -0.2) is 0 Å². The number of hydrogen-bond donors (Lipinski definition) is 2. The van der Waals surface area contributed by atoms with Crippen molar-refractivity contribution in [2.75, 3.05) is 37.9 Å². The van der Waals surface area contributed by atoms with E-state index in [4.69, 9.17) is 9.47 Å². The molecule has 22 heavy (non-hydrogen) atoms. The summed E-state index contributed by atoms with van der Waals surface area (Å²) in [4.78, 5) is 0. The molecule has 118 valence electrons. The molecular formula is C18H24N2O2. The molecule has 4 heteroatoms. The van der Waals surface area contributed by atoms with Crippen LogP contribution in [0.1, 0.15) is 12.8 Å². The first-order chi connectivity index (χ1) is 10.8. The highest BCUT2D eigenvalue weighted by Crippen LogP contribution is 2.16. The number of rotatable bonds is 9. The van der Waals surface area contributed by atoms with E-state index >= 15 is 0 Å². The van der Waals surface area contributed by atoms with E-state index in [-0.39, 0.29) is 0 Å². The fraction of sp³-hybridized carbons (Fsp3) is 0.333. The first-order valence-corrected chi connectivity index (χ1v) is 7.57. The lowest BCUT2D eigenvalue weighted by atomic mass is 10.2. The maximum Gasteiger partial charge on any atom is 0.119 e. The van der Waals surface area contributed by atoms with Gasteiger partial charge in [-0.05, 0) is 61.4 Å². The monoisotopic (exact) mass is 300 g/mol. The Labute approximate surface area is 132 Å². The molecule has 0 radical (unpaired) electrons. The van der Waals surface area contributed by atoms with Crippen LogP contribution < -0.4 is 20.1 Å². The third kappa shape index (κ3) is 5.20. The average molecular weight is 300 g/mol. The molecule has 0 spiro atoms. The predicted molar refractivity (Wildman–Crippen MR) is 92.2 cm³/mol. The van der Waals surface area contributed by atoms with Crippen LogP contribution in [0.3, 0.4) is 0 Å². The molecule has 2 aromatic carbocycles. The van der Waals surface area contributed by atoms with E-state index in [9.17, 15) is 0 Å². The zero-order chi connectivity index (χ0) is 15.6. The van der Waals surface area contributed by atoms with Gasteiger partial charge in [0.05, 0.1) is 14.2 Å². The summed E-state index contributed by atoms with van der Waals surface area (Å²) in [6, 6.07) is 16.0. The molecule has 4 nitrogen and oxygen atoms in total. The minimum Gasteiger partial charge on any atom is -0.497 e. The van der Waals surface area contributed by atoms with Gasteiger partial charge < -0.3 is 20.1 Å². The molecule has 0 aliphatic rings. The van der Waals surface area contributed by atoms with Gasteiger partial charge in [0.1, 0.15) is 11.5 Å². The number of nitrogens with one attached hydrogen (secondary N) is 2. The maximum atomic E-state index is 5.14. The Morgan fingerprint density at radius 1 is 0.636 bits per heavy atom. The van der Waals surface area contributed by atoms with E-state index in [0.717, 1.165) is 48.8 Å². The van der Waals surface area contributed by atoms with E-state index in [1.807, 2.05) is 48.5 Å². The van der Waals surface area contributed by atoms with Crippen molar-refractivity contribution < 1.29 is 9.47 Å². The van der Waals surface area contributed by atoms with Gasteiger partial charge in [-0.1, -0.05) is 0 Å². The molecule has 0 unspecified atom stereocenters. The Bertz CT molecular complexity index is 487. The number of hydrogen-bond acceptors (Lipinski definition) is 4. The van der Waals surface area contributed by atoms with E-state index in [1.165, 1.54) is 0 Å². The van der Waals surface area contributed by atoms with Crippen molar-refractivity contribution in [3.8, 4) is 11.5 Å². The first kappa shape index (κ1) is 16.0. The lowest BCUT2D eigenvalue weighted by Gasteiger charge is -2.09. The van der Waals surface area contributed by atoms with Crippen molar-refractivity contribution in [1.82, 2.24) is 0 Å². The predicted octanol–water partition coefficient (Wildman–Crippen LogP) is 4.01. The summed E-state index contributed by atoms with van der Waals surface area (Å²) >= 11 is 0. The fourth-order valence-corrected chi connectivity index (χ4v) is 2.13. The summed E-state index contributed by atoms with van der Waals surface area (Å²) in [5.74, 6) is 1.77. The second kappa shape index (κ2) is 8.82. The van der Waals surface area contributed by atoms with E-state index in [1.54, 1.807) is 14.2 Å². The normalized spacial score (nSPS) is 10.1. The highest BCUT2D eigenvalue weighted by Gasteiger charge is 1.95. The van der Waals surface area contributed by atoms with E-state index in [0.29, 0.717) is 0 Å². The molecular weight excluding hydrogens is 276 g/mol. The minimum atomic E-state index is 0.884. The van der Waals surface area contributed by atoms with Gasteiger partial charge in [-0.15, -0.1) is 0 Å². The molecule has 0 aromatic heterocycles. The summed E-state index contributed by atoms with van der Waals surface area (Å²) in [7, 11) is 3.36. The summed E-state index contributed by atoms with van der Waals surface area (Å²) in [5, 5.41) is 6.82. The van der Waals surface area contributed by atoms with E-state index < -0.39 is 0 Å². The second-order valence-electron chi connectivity index (χ2n) is 5.02. The standard InChI is InChI=1S/C18H24N2O2/c1-21-17-9-5-15(6-10-17)19-13-3-4-14-20-16-7-11-18(22-2)12-8-16/h5-12,19-20H,3-4,13-14H2,1-2H3. The Morgan fingerprint density at radius 3 is 1.32 bits per heavy atom. The Hall–Kier alpha value is -2.36. The molecule has 2 rings (SSSR count). The van der Waals surface area contributed by atoms with Gasteiger partial charge in [0.25, 0.3) is 0 Å². The number of unbranched alkanes of at least 4 members (excludes halogenated alkanes) is 1. The van der Waals surface area contributed by atoms with Gasteiger partial charge in [-0.3, -0.25) is 0 Å². The topological polar surface area (TPSA) is 42.5 Å². The van der Waals surface area contributed by atoms with Gasteiger partial charge >= 0.3 is 0 Å². The van der Waals surface area contributed by atoms with Gasteiger partial charge in [0, 0.05) is 24.5 Å². The van der Waals surface area contributed by atoms with Gasteiger partial charge in [0.2, 0.25) is 0 Å². The molecule has 0 aliphatic heterocycles. The molecule has 0 fully saturated rings. The lowest BCUT2D eigenvalue weighted by Crippen LogP contribution is -2.06. The minimum absolute atomic E-state index is 0.884. The molecule has 0 aliphatic carbocycles. The van der Waals surface area contributed by atoms with Crippen LogP contribution in [-0.2, 0) is 0 Å². The van der Waals surface area contributed by atoms with Crippen molar-refractivity contribution in [1.29, 1.82) is 0 Å². The molecule has 0 saturated heterocycles. The van der Waals surface area contributed by atoms with Crippen LogP contribution in [0.4, 0.5) is 11.4 Å². The largest absolute Gasteiger partial charge is 0.497 e. The maximum absolute atomic E-state index is 5.14. The third-order valence-corrected chi connectivity index (χ3v) is 3.44. The summed E-state index contributed by atoms with van der Waals surface area (Å²) < 4.78 is 10.3. The number of anilines is 2. The second-order valence-corrected chi connectivity index (χ2v) is 5.02. The average Bonchev–Trinajstić information content (AvgIpc) is 2.59. The molecule has 0 heterocycles. The van der Waals surface area contributed by atoms with E-state index in [2.05, 4.69) is 10.6 Å². The molecule has 0 amide bonds. The summed E-state index contributed by atoms with van der Waals surface area (Å²) in [5.41, 5.74) is 2.26. The quantitative estimate of drug-likeness (QED) is 0.687. The van der Waals surface area contributed by atoms with Crippen LogP contribution >= 0.6 is 0 Å². The number of benzene rings is 2. The highest BCUT2D eigenvalue weighted by atomic mass is 16.5. The molecule has 0 bridgehead atoms. The Morgan fingerprint density at radius 2 is 1.00 bits per heavy atom. The van der Waals surface area contributed by atoms with Gasteiger partial charge in [-0.2, -0.15) is 0 Å². The lowest BCUT2D eigenvalue weighted by molar-refractivity contribution is 0.415. The van der Waals surface area contributed by atoms with Crippen LogP contribution in [0.15, 0.2) is 48.5 Å². The molecule has 0 atom stereocenters. The van der Waals surface area contributed by atoms with Crippen LogP contribution in [0, 0.1) is 0 Å². The van der Waals surface area contributed by atoms with Crippen LogP contribution in [0.2, 0.25) is 0 Å². The fourth-order valence-electron chi connectivity index (χ4n) is 2.13. The number of ether oxygens (including phenoxy) is 2. The number of methoxy groups -OCH3 is 2. The third-order valence-electron chi connectivity index (χ3n) is 3.44. The van der Waals surface area contributed by atoms with Crippen molar-refractivity contribution in [3.63, 3.8) is 0 Å².